The van der Waals surface area contributed by atoms with Crippen molar-refractivity contribution in [2.45, 2.75) is 26.3 Å². The number of nitrogens with zero attached hydrogens (tertiary/aromatic N) is 1. The van der Waals surface area contributed by atoms with Crippen molar-refractivity contribution in [3.63, 3.8) is 0 Å². The Bertz CT molecular complexity index is 610. The molecule has 21 heavy (non-hydrogen) atoms. The topological polar surface area (TPSA) is 79.3 Å². The third kappa shape index (κ3) is 2.48. The second-order valence-corrected chi connectivity index (χ2v) is 7.14. The second kappa shape index (κ2) is 5.26. The SMILES string of the molecule is Cc1cnc(C(C)NC(=O)[C@H]2C3C=CC(C3)[C@H]2C(=O)O)s1. The minimum atomic E-state index is -0.871. The number of aryl methyl sites for hydroxylation is 1. The average molecular weight is 306 g/mol. The largest absolute Gasteiger partial charge is 0.481 e. The Balaban J connectivity index is 1.73. The third-order valence-electron chi connectivity index (χ3n) is 4.42. The molecule has 0 radical (unpaired) electrons. The van der Waals surface area contributed by atoms with Crippen LogP contribution in [0.15, 0.2) is 18.3 Å². The van der Waals surface area contributed by atoms with E-state index in [1.54, 1.807) is 17.5 Å². The van der Waals surface area contributed by atoms with Crippen molar-refractivity contribution in [3.8, 4) is 0 Å². The molecular formula is C15H18N2O3S. The molecule has 112 valence electrons. The minimum Gasteiger partial charge on any atom is -0.481 e. The van der Waals surface area contributed by atoms with Crippen molar-refractivity contribution < 1.29 is 14.7 Å². The Morgan fingerprint density at radius 2 is 2.05 bits per heavy atom. The molecule has 0 aromatic carbocycles. The van der Waals surface area contributed by atoms with Crippen LogP contribution in [0.3, 0.4) is 0 Å². The standard InChI is InChI=1S/C15H18N2O3S/c1-7-6-16-14(21-7)8(2)17-13(18)11-9-3-4-10(5-9)12(11)15(19)20/h3-4,6,8-12H,5H2,1-2H3,(H,17,18)(H,19,20)/t8?,9?,10?,11-,12+/m0/s1. The number of aromatic nitrogens is 1. The van der Waals surface area contributed by atoms with E-state index < -0.39 is 17.8 Å². The van der Waals surface area contributed by atoms with Gasteiger partial charge in [-0.2, -0.15) is 0 Å². The number of hydrogen-bond acceptors (Lipinski definition) is 4. The molecule has 1 fully saturated rings. The number of fused-ring (bicyclic) bond motifs is 2. The van der Waals surface area contributed by atoms with Gasteiger partial charge < -0.3 is 10.4 Å². The summed E-state index contributed by atoms with van der Waals surface area (Å²) >= 11 is 1.55. The molecule has 2 aliphatic carbocycles. The molecular weight excluding hydrogens is 288 g/mol. The predicted molar refractivity (Wildman–Crippen MR) is 78.8 cm³/mol. The Hall–Kier alpha value is -1.69. The van der Waals surface area contributed by atoms with E-state index in [0.29, 0.717) is 0 Å². The van der Waals surface area contributed by atoms with Gasteiger partial charge in [0.25, 0.3) is 0 Å². The van der Waals surface area contributed by atoms with Gasteiger partial charge in [0.15, 0.2) is 0 Å². The van der Waals surface area contributed by atoms with E-state index in [1.165, 1.54) is 0 Å². The summed E-state index contributed by atoms with van der Waals surface area (Å²) < 4.78 is 0. The van der Waals surface area contributed by atoms with Crippen molar-refractivity contribution in [1.29, 1.82) is 0 Å². The number of carbonyl (C=O) groups excluding carboxylic acids is 1. The molecule has 1 aromatic heterocycles. The smallest absolute Gasteiger partial charge is 0.307 e. The van der Waals surface area contributed by atoms with E-state index in [9.17, 15) is 14.7 Å². The van der Waals surface area contributed by atoms with Crippen LogP contribution in [-0.2, 0) is 9.59 Å². The zero-order chi connectivity index (χ0) is 15.1. The Labute approximate surface area is 127 Å². The molecule has 5 atom stereocenters. The van der Waals surface area contributed by atoms with Gasteiger partial charge in [0.2, 0.25) is 5.91 Å². The van der Waals surface area contributed by atoms with Gasteiger partial charge in [0, 0.05) is 11.1 Å². The maximum absolute atomic E-state index is 12.5. The molecule has 0 aliphatic heterocycles. The molecule has 1 aromatic rings. The minimum absolute atomic E-state index is 0.000614. The van der Waals surface area contributed by atoms with Gasteiger partial charge in [-0.3, -0.25) is 9.59 Å². The first-order valence-corrected chi connectivity index (χ1v) is 7.93. The van der Waals surface area contributed by atoms with Crippen LogP contribution in [-0.4, -0.2) is 22.0 Å². The van der Waals surface area contributed by atoms with Crippen LogP contribution in [0.2, 0.25) is 0 Å². The molecule has 1 saturated carbocycles. The van der Waals surface area contributed by atoms with Crippen molar-refractivity contribution in [3.05, 3.63) is 28.2 Å². The maximum Gasteiger partial charge on any atom is 0.307 e. The molecule has 3 unspecified atom stereocenters. The van der Waals surface area contributed by atoms with E-state index in [0.717, 1.165) is 16.3 Å². The average Bonchev–Trinajstić information content (AvgIpc) is 3.12. The molecule has 2 bridgehead atoms. The summed E-state index contributed by atoms with van der Waals surface area (Å²) in [7, 11) is 0. The van der Waals surface area contributed by atoms with Crippen LogP contribution in [0.1, 0.15) is 29.3 Å². The lowest BCUT2D eigenvalue weighted by molar-refractivity contribution is -0.148. The van der Waals surface area contributed by atoms with Crippen molar-refractivity contribution in [1.82, 2.24) is 10.3 Å². The number of carboxylic acids is 1. The fourth-order valence-electron chi connectivity index (χ4n) is 3.46. The Morgan fingerprint density at radius 1 is 1.38 bits per heavy atom. The van der Waals surface area contributed by atoms with Crippen LogP contribution in [0.4, 0.5) is 0 Å². The molecule has 6 heteroatoms. The van der Waals surface area contributed by atoms with Gasteiger partial charge in [-0.05, 0) is 32.1 Å². The number of aliphatic carboxylic acids is 1. The number of carboxylic acid groups (broad SMARTS) is 1. The molecule has 2 N–H and O–H groups in total. The predicted octanol–water partition coefficient (Wildman–Crippen LogP) is 2.15. The van der Waals surface area contributed by atoms with Gasteiger partial charge in [-0.25, -0.2) is 4.98 Å². The lowest BCUT2D eigenvalue weighted by atomic mass is 9.82. The Morgan fingerprint density at radius 3 is 2.62 bits per heavy atom. The van der Waals surface area contributed by atoms with E-state index in [4.69, 9.17) is 0 Å². The number of nitrogens with one attached hydrogen (secondary N) is 1. The number of rotatable bonds is 4. The highest BCUT2D eigenvalue weighted by molar-refractivity contribution is 7.11. The Kier molecular flexibility index (Phi) is 3.57. The van der Waals surface area contributed by atoms with Crippen LogP contribution in [0, 0.1) is 30.6 Å². The van der Waals surface area contributed by atoms with Gasteiger partial charge in [-0.15, -0.1) is 11.3 Å². The summed E-state index contributed by atoms with van der Waals surface area (Å²) in [5, 5.41) is 13.2. The van der Waals surface area contributed by atoms with E-state index in [-0.39, 0.29) is 23.8 Å². The number of amides is 1. The summed E-state index contributed by atoms with van der Waals surface area (Å²) in [6.07, 6.45) is 6.50. The first kappa shape index (κ1) is 14.3. The highest BCUT2D eigenvalue weighted by Crippen LogP contribution is 2.48. The first-order valence-electron chi connectivity index (χ1n) is 7.11. The highest BCUT2D eigenvalue weighted by Gasteiger charge is 2.51. The fourth-order valence-corrected chi connectivity index (χ4v) is 4.24. The number of hydrogen-bond donors (Lipinski definition) is 2. The van der Waals surface area contributed by atoms with Crippen molar-refractivity contribution in [2.24, 2.45) is 23.7 Å². The third-order valence-corrected chi connectivity index (χ3v) is 5.51. The van der Waals surface area contributed by atoms with Gasteiger partial charge in [0.05, 0.1) is 17.9 Å². The normalized spacial score (nSPS) is 31.3. The molecule has 2 aliphatic rings. The maximum atomic E-state index is 12.5. The summed E-state index contributed by atoms with van der Waals surface area (Å²) in [4.78, 5) is 29.3. The zero-order valence-corrected chi connectivity index (χ0v) is 12.8. The summed E-state index contributed by atoms with van der Waals surface area (Å²) in [6, 6.07) is -0.186. The summed E-state index contributed by atoms with van der Waals surface area (Å²) in [5.41, 5.74) is 0. The lowest BCUT2D eigenvalue weighted by Crippen LogP contribution is -2.41. The number of carbonyl (C=O) groups is 2. The van der Waals surface area contributed by atoms with Crippen LogP contribution >= 0.6 is 11.3 Å². The summed E-state index contributed by atoms with van der Waals surface area (Å²) in [5.74, 6) is -2.03. The lowest BCUT2D eigenvalue weighted by Gasteiger charge is -2.25. The molecule has 5 nitrogen and oxygen atoms in total. The van der Waals surface area contributed by atoms with E-state index >= 15 is 0 Å². The zero-order valence-electron chi connectivity index (χ0n) is 11.9. The van der Waals surface area contributed by atoms with Crippen LogP contribution in [0.25, 0.3) is 0 Å². The monoisotopic (exact) mass is 306 g/mol. The van der Waals surface area contributed by atoms with Gasteiger partial charge in [0.1, 0.15) is 5.01 Å². The second-order valence-electron chi connectivity index (χ2n) is 5.88. The molecule has 3 rings (SSSR count). The number of thiazole rings is 1. The van der Waals surface area contributed by atoms with Crippen LogP contribution < -0.4 is 5.32 Å². The fraction of sp³-hybridized carbons (Fsp3) is 0.533. The van der Waals surface area contributed by atoms with E-state index in [1.807, 2.05) is 26.0 Å². The molecule has 0 saturated heterocycles. The van der Waals surface area contributed by atoms with E-state index in [2.05, 4.69) is 10.3 Å². The number of allylic oxidation sites excluding steroid dienone is 2. The first-order chi connectivity index (χ1) is 9.97. The van der Waals surface area contributed by atoms with Gasteiger partial charge in [-0.1, -0.05) is 12.2 Å². The molecule has 0 spiro atoms. The quantitative estimate of drug-likeness (QED) is 0.835. The molecule has 1 heterocycles. The van der Waals surface area contributed by atoms with Crippen molar-refractivity contribution in [2.75, 3.05) is 0 Å². The van der Waals surface area contributed by atoms with Crippen molar-refractivity contribution >= 4 is 23.2 Å². The molecule has 1 amide bonds. The highest BCUT2D eigenvalue weighted by atomic mass is 32.1. The summed E-state index contributed by atoms with van der Waals surface area (Å²) in [6.45, 7) is 3.85. The van der Waals surface area contributed by atoms with Crippen LogP contribution in [0.5, 0.6) is 0 Å². The van der Waals surface area contributed by atoms with Gasteiger partial charge >= 0.3 is 5.97 Å².